The van der Waals surface area contributed by atoms with Crippen LogP contribution in [0.15, 0.2) is 48.7 Å². The van der Waals surface area contributed by atoms with Gasteiger partial charge in [-0.2, -0.15) is 4.98 Å². The van der Waals surface area contributed by atoms with Gasteiger partial charge in [-0.25, -0.2) is 18.1 Å². The summed E-state index contributed by atoms with van der Waals surface area (Å²) in [5.41, 5.74) is 6.10. The number of hydrogen-bond donors (Lipinski definition) is 3. The third-order valence-electron chi connectivity index (χ3n) is 6.81. The van der Waals surface area contributed by atoms with E-state index >= 15 is 0 Å². The van der Waals surface area contributed by atoms with Crippen molar-refractivity contribution in [3.8, 4) is 0 Å². The molecule has 0 spiro atoms. The van der Waals surface area contributed by atoms with Gasteiger partial charge in [0.25, 0.3) is 0 Å². The van der Waals surface area contributed by atoms with Crippen molar-refractivity contribution in [3.63, 3.8) is 0 Å². The summed E-state index contributed by atoms with van der Waals surface area (Å²) in [7, 11) is -1.12. The minimum Gasteiger partial charge on any atom is -0.369 e. The van der Waals surface area contributed by atoms with E-state index < -0.39 is 10.0 Å². The Morgan fingerprint density at radius 3 is 2.42 bits per heavy atom. The summed E-state index contributed by atoms with van der Waals surface area (Å²) in [5, 5.41) is 6.69. The number of rotatable bonds is 7. The van der Waals surface area contributed by atoms with E-state index in [0.29, 0.717) is 11.8 Å². The lowest BCUT2D eigenvalue weighted by molar-refractivity contribution is 0.313. The monoisotopic (exact) mass is 507 g/mol. The quantitative estimate of drug-likeness (QED) is 0.446. The third kappa shape index (κ3) is 5.77. The Bertz CT molecular complexity index is 1340. The van der Waals surface area contributed by atoms with Crippen molar-refractivity contribution >= 4 is 38.9 Å². The molecule has 190 valence electrons. The molecule has 3 aromatic rings. The number of aryl methyl sites for hydroxylation is 2. The fourth-order valence-corrected chi connectivity index (χ4v) is 5.54. The van der Waals surface area contributed by atoms with Crippen LogP contribution in [0.2, 0.25) is 0 Å². The van der Waals surface area contributed by atoms with Crippen molar-refractivity contribution in [3.05, 3.63) is 65.4 Å². The van der Waals surface area contributed by atoms with Gasteiger partial charge in [-0.15, -0.1) is 0 Å². The van der Waals surface area contributed by atoms with E-state index in [-0.39, 0.29) is 6.04 Å². The zero-order valence-corrected chi connectivity index (χ0v) is 21.8. The molecule has 1 atom stereocenters. The first-order valence-corrected chi connectivity index (χ1v) is 14.1. The van der Waals surface area contributed by atoms with Gasteiger partial charge in [0.05, 0.1) is 6.26 Å². The van der Waals surface area contributed by atoms with Crippen molar-refractivity contribution in [2.75, 3.05) is 55.0 Å². The molecule has 36 heavy (non-hydrogen) atoms. The largest absolute Gasteiger partial charge is 0.369 e. The van der Waals surface area contributed by atoms with Crippen molar-refractivity contribution in [1.82, 2.24) is 19.6 Å². The predicted molar refractivity (Wildman–Crippen MR) is 145 cm³/mol. The molecule has 9 nitrogen and oxygen atoms in total. The minimum atomic E-state index is -3.28. The molecule has 0 saturated carbocycles. The molecule has 1 fully saturated rings. The van der Waals surface area contributed by atoms with E-state index in [0.717, 1.165) is 61.5 Å². The van der Waals surface area contributed by atoms with Crippen LogP contribution in [-0.2, 0) is 16.4 Å². The first-order valence-electron chi connectivity index (χ1n) is 12.2. The Morgan fingerprint density at radius 2 is 1.69 bits per heavy atom. The molecule has 1 saturated heterocycles. The Kier molecular flexibility index (Phi) is 6.83. The van der Waals surface area contributed by atoms with E-state index in [1.165, 1.54) is 17.5 Å². The molecule has 1 aromatic heterocycles. The van der Waals surface area contributed by atoms with E-state index in [2.05, 4.69) is 67.5 Å². The maximum absolute atomic E-state index is 11.8. The molecule has 1 aliphatic heterocycles. The second kappa shape index (κ2) is 10.0. The molecule has 0 amide bonds. The molecule has 10 heteroatoms. The van der Waals surface area contributed by atoms with Crippen LogP contribution < -0.4 is 20.3 Å². The number of fused-ring (bicyclic) bond motifs is 1. The van der Waals surface area contributed by atoms with Gasteiger partial charge in [-0.05, 0) is 74.3 Å². The summed E-state index contributed by atoms with van der Waals surface area (Å²) in [6, 6.07) is 14.2. The Hall–Kier alpha value is -3.21. The molecule has 0 radical (unpaired) electrons. The number of piperazine rings is 1. The van der Waals surface area contributed by atoms with Crippen LogP contribution in [0.3, 0.4) is 0 Å². The number of nitrogens with one attached hydrogen (secondary N) is 3. The summed E-state index contributed by atoms with van der Waals surface area (Å²) in [6.45, 7) is 6.18. The van der Waals surface area contributed by atoms with Gasteiger partial charge in [0.2, 0.25) is 16.0 Å². The molecule has 1 aliphatic carbocycles. The lowest BCUT2D eigenvalue weighted by Gasteiger charge is -2.34. The first kappa shape index (κ1) is 24.5. The third-order valence-corrected chi connectivity index (χ3v) is 7.52. The predicted octanol–water partition coefficient (Wildman–Crippen LogP) is 3.56. The van der Waals surface area contributed by atoms with Crippen molar-refractivity contribution in [2.45, 2.75) is 25.8 Å². The van der Waals surface area contributed by atoms with Crippen LogP contribution in [0.4, 0.5) is 28.8 Å². The normalized spacial score (nSPS) is 18.2. The molecular weight excluding hydrogens is 474 g/mol. The van der Waals surface area contributed by atoms with Gasteiger partial charge >= 0.3 is 0 Å². The molecule has 3 N–H and O–H groups in total. The smallest absolute Gasteiger partial charge is 0.229 e. The van der Waals surface area contributed by atoms with Crippen LogP contribution in [0.25, 0.3) is 0 Å². The maximum Gasteiger partial charge on any atom is 0.229 e. The zero-order chi connectivity index (χ0) is 25.3. The highest BCUT2D eigenvalue weighted by Crippen LogP contribution is 2.34. The number of aromatic nitrogens is 2. The highest BCUT2D eigenvalue weighted by Gasteiger charge is 2.25. The first-order chi connectivity index (χ1) is 17.2. The molecule has 5 rings (SSSR count). The number of benzene rings is 2. The van der Waals surface area contributed by atoms with Gasteiger partial charge in [0.15, 0.2) is 0 Å². The molecule has 0 unspecified atom stereocenters. The van der Waals surface area contributed by atoms with Crippen molar-refractivity contribution in [1.29, 1.82) is 0 Å². The van der Waals surface area contributed by atoms with Gasteiger partial charge in [0.1, 0.15) is 5.82 Å². The molecule has 2 aliphatic rings. The number of sulfonamides is 1. The summed E-state index contributed by atoms with van der Waals surface area (Å²) in [4.78, 5) is 13.9. The van der Waals surface area contributed by atoms with Crippen molar-refractivity contribution < 1.29 is 8.42 Å². The lowest BCUT2D eigenvalue weighted by atomic mass is 10.1. The lowest BCUT2D eigenvalue weighted by Crippen LogP contribution is -2.44. The van der Waals surface area contributed by atoms with Crippen LogP contribution >= 0.6 is 0 Å². The Morgan fingerprint density at radius 1 is 0.972 bits per heavy atom. The average molecular weight is 508 g/mol. The highest BCUT2D eigenvalue weighted by atomic mass is 32.2. The summed E-state index contributed by atoms with van der Waals surface area (Å²) < 4.78 is 26.3. The van der Waals surface area contributed by atoms with E-state index in [1.807, 2.05) is 19.1 Å². The average Bonchev–Trinajstić information content (AvgIpc) is 3.23. The van der Waals surface area contributed by atoms with Crippen LogP contribution in [0, 0.1) is 6.92 Å². The fraction of sp³-hybridized carbons (Fsp3) is 0.385. The van der Waals surface area contributed by atoms with Gasteiger partial charge in [-0.1, -0.05) is 6.07 Å². The second-order valence-electron chi connectivity index (χ2n) is 9.71. The molecule has 2 aromatic carbocycles. The van der Waals surface area contributed by atoms with E-state index in [1.54, 1.807) is 6.20 Å². The van der Waals surface area contributed by atoms with Crippen LogP contribution in [-0.4, -0.2) is 62.8 Å². The second-order valence-corrected chi connectivity index (χ2v) is 11.5. The van der Waals surface area contributed by atoms with E-state index in [4.69, 9.17) is 4.98 Å². The number of nitrogens with zero attached hydrogens (tertiary/aromatic N) is 4. The molecular formula is C26H33N7O2S. The number of likely N-dealkylation sites (N-methyl/N-ethyl adjacent to an activating group) is 1. The topological polar surface area (TPSA) is 102 Å². The maximum atomic E-state index is 11.8. The summed E-state index contributed by atoms with van der Waals surface area (Å²) >= 11 is 0. The minimum absolute atomic E-state index is 0.200. The van der Waals surface area contributed by atoms with Gasteiger partial charge in [0, 0.05) is 61.0 Å². The van der Waals surface area contributed by atoms with E-state index in [9.17, 15) is 8.42 Å². The van der Waals surface area contributed by atoms with Crippen LogP contribution in [0.1, 0.15) is 29.2 Å². The Balaban J connectivity index is 1.28. The van der Waals surface area contributed by atoms with Gasteiger partial charge < -0.3 is 20.4 Å². The SMILES string of the molecule is Cc1cnc(Nc2ccc(N3CCN(C)CC3)cc2)nc1Nc1ccc2c(c1)[C@H](NS(C)(=O)=O)CC2. The zero-order valence-electron chi connectivity index (χ0n) is 21.0. The van der Waals surface area contributed by atoms with Crippen LogP contribution in [0.5, 0.6) is 0 Å². The van der Waals surface area contributed by atoms with Crippen molar-refractivity contribution in [2.24, 2.45) is 0 Å². The summed E-state index contributed by atoms with van der Waals surface area (Å²) in [6.07, 6.45) is 4.61. The highest BCUT2D eigenvalue weighted by molar-refractivity contribution is 7.88. The number of anilines is 5. The number of hydrogen-bond acceptors (Lipinski definition) is 8. The fourth-order valence-electron chi connectivity index (χ4n) is 4.78. The van der Waals surface area contributed by atoms with Gasteiger partial charge in [-0.3, -0.25) is 0 Å². The molecule has 2 heterocycles. The molecule has 0 bridgehead atoms. The summed E-state index contributed by atoms with van der Waals surface area (Å²) in [5.74, 6) is 1.21. The Labute approximate surface area is 213 Å². The standard InChI is InChI=1S/C26H33N7O2S/c1-18-17-27-26(29-20-7-9-22(10-8-20)33-14-12-32(2)13-15-33)30-25(18)28-21-6-4-19-5-11-24(23(19)16-21)31-36(3,34)35/h4,6-10,16-17,24,31H,5,11-15H2,1-3H3,(H2,27,28,29,30)/t24-/m1/s1.